The highest BCUT2D eigenvalue weighted by molar-refractivity contribution is 14.1. The van der Waals surface area contributed by atoms with E-state index in [2.05, 4.69) is 55.4 Å². The summed E-state index contributed by atoms with van der Waals surface area (Å²) in [7, 11) is 1.52. The number of carboxylic acids is 1. The Morgan fingerprint density at radius 1 is 1.11 bits per heavy atom. The third-order valence-electron chi connectivity index (χ3n) is 4.75. The van der Waals surface area contributed by atoms with E-state index in [4.69, 9.17) is 25.5 Å². The molecule has 0 atom stereocenters. The fourth-order valence-corrected chi connectivity index (χ4v) is 6.09. The third-order valence-corrected chi connectivity index (χ3v) is 7.44. The molecular formula is C25H17ClI2N2O5S. The van der Waals surface area contributed by atoms with E-state index in [0.717, 1.165) is 30.2 Å². The molecule has 0 radical (unpaired) electrons. The number of hydrogen-bond acceptors (Lipinski definition) is 7. The Balaban J connectivity index is 1.55. The highest BCUT2D eigenvalue weighted by atomic mass is 127. The molecule has 0 saturated heterocycles. The maximum absolute atomic E-state index is 12.0. The number of benzene rings is 3. The average Bonchev–Trinajstić information content (AvgIpc) is 3.32. The minimum atomic E-state index is -1.12. The molecule has 0 fully saturated rings. The molecular weight excluding hydrogens is 730 g/mol. The number of carbonyl (C=O) groups is 1. The molecule has 36 heavy (non-hydrogen) atoms. The van der Waals surface area contributed by atoms with Crippen LogP contribution in [0.3, 0.4) is 0 Å². The largest absolute Gasteiger partial charge is 0.496 e. The van der Waals surface area contributed by atoms with Crippen molar-refractivity contribution in [3.8, 4) is 23.0 Å². The van der Waals surface area contributed by atoms with Gasteiger partial charge in [-0.2, -0.15) is 0 Å². The summed E-state index contributed by atoms with van der Waals surface area (Å²) in [6.45, 7) is 0.440. The van der Waals surface area contributed by atoms with Crippen molar-refractivity contribution in [3.05, 3.63) is 88.9 Å². The number of aliphatic carboxylic acids is 1. The smallest absolute Gasteiger partial charge is 0.342 e. The summed E-state index contributed by atoms with van der Waals surface area (Å²) in [4.78, 5) is 12.0. The van der Waals surface area contributed by atoms with E-state index in [1.807, 2.05) is 42.5 Å². The molecule has 4 aromatic rings. The van der Waals surface area contributed by atoms with Crippen LogP contribution in [0, 0.1) is 7.14 Å². The molecule has 0 saturated carbocycles. The van der Waals surface area contributed by atoms with Gasteiger partial charge in [-0.05, 0) is 104 Å². The van der Waals surface area contributed by atoms with Crippen LogP contribution in [0.15, 0.2) is 75.2 Å². The Morgan fingerprint density at radius 3 is 2.50 bits per heavy atom. The van der Waals surface area contributed by atoms with Crippen LogP contribution in [0.1, 0.15) is 11.1 Å². The van der Waals surface area contributed by atoms with E-state index < -0.39 is 5.97 Å². The number of halogens is 3. The van der Waals surface area contributed by atoms with Gasteiger partial charge in [0.1, 0.15) is 23.0 Å². The van der Waals surface area contributed by atoms with Gasteiger partial charge in [0.15, 0.2) is 0 Å². The van der Waals surface area contributed by atoms with Crippen molar-refractivity contribution in [1.29, 1.82) is 0 Å². The van der Waals surface area contributed by atoms with E-state index in [9.17, 15) is 9.90 Å². The zero-order valence-electron chi connectivity index (χ0n) is 18.6. The van der Waals surface area contributed by atoms with Crippen molar-refractivity contribution in [2.75, 3.05) is 7.11 Å². The lowest BCUT2D eigenvalue weighted by Crippen LogP contribution is -2.00. The fraction of sp³-hybridized carbons (Fsp3) is 0.0800. The van der Waals surface area contributed by atoms with Crippen LogP contribution in [-0.4, -0.2) is 28.4 Å². The summed E-state index contributed by atoms with van der Waals surface area (Å²) in [5.41, 5.74) is 2.28. The highest BCUT2D eigenvalue weighted by Gasteiger charge is 2.19. The number of rotatable bonds is 9. The predicted molar refractivity (Wildman–Crippen MR) is 155 cm³/mol. The van der Waals surface area contributed by atoms with Crippen molar-refractivity contribution in [3.63, 3.8) is 0 Å². The molecule has 1 N–H and O–H groups in total. The summed E-state index contributed by atoms with van der Waals surface area (Å²) in [5.74, 6) is 0.311. The quantitative estimate of drug-likeness (QED) is 0.108. The van der Waals surface area contributed by atoms with Crippen molar-refractivity contribution < 1.29 is 23.8 Å². The number of ether oxygens (including phenoxy) is 2. The summed E-state index contributed by atoms with van der Waals surface area (Å²) in [6, 6.07) is 18.6. The molecule has 0 aliphatic heterocycles. The number of aromatic nitrogens is 2. The van der Waals surface area contributed by atoms with Crippen molar-refractivity contribution >= 4 is 80.6 Å². The predicted octanol–water partition coefficient (Wildman–Crippen LogP) is 7.40. The Bertz CT molecular complexity index is 1410. The first-order valence-corrected chi connectivity index (χ1v) is 13.6. The molecule has 3 aromatic carbocycles. The maximum atomic E-state index is 12.0. The molecule has 0 aliphatic carbocycles. The van der Waals surface area contributed by atoms with E-state index in [1.165, 1.54) is 7.11 Å². The average molecular weight is 747 g/mol. The van der Waals surface area contributed by atoms with E-state index in [-0.39, 0.29) is 16.0 Å². The van der Waals surface area contributed by atoms with Gasteiger partial charge in [-0.1, -0.05) is 41.9 Å². The molecule has 1 aromatic heterocycles. The van der Waals surface area contributed by atoms with Gasteiger partial charge in [0.25, 0.3) is 11.1 Å². The van der Waals surface area contributed by atoms with Gasteiger partial charge in [0.05, 0.1) is 19.8 Å². The molecule has 1 heterocycles. The summed E-state index contributed by atoms with van der Waals surface area (Å²) in [6.07, 6.45) is 1.56. The fourth-order valence-electron chi connectivity index (χ4n) is 3.12. The van der Waals surface area contributed by atoms with Crippen LogP contribution in [0.5, 0.6) is 11.5 Å². The topological polar surface area (TPSA) is 94.7 Å². The highest BCUT2D eigenvalue weighted by Crippen LogP contribution is 2.36. The number of carboxylic acid groups (broad SMARTS) is 1. The lowest BCUT2D eigenvalue weighted by molar-refractivity contribution is -0.131. The Hall–Kier alpha value is -2.29. The van der Waals surface area contributed by atoms with Crippen LogP contribution >= 0.6 is 68.5 Å². The first-order valence-electron chi connectivity index (χ1n) is 10.3. The molecule has 0 amide bonds. The van der Waals surface area contributed by atoms with Gasteiger partial charge in [-0.3, -0.25) is 0 Å². The lowest BCUT2D eigenvalue weighted by Gasteiger charge is -2.12. The molecule has 0 unspecified atom stereocenters. The first kappa shape index (κ1) is 26.8. The van der Waals surface area contributed by atoms with E-state index in [0.29, 0.717) is 28.5 Å². The monoisotopic (exact) mass is 746 g/mol. The van der Waals surface area contributed by atoms with Crippen LogP contribution in [0.25, 0.3) is 17.5 Å². The van der Waals surface area contributed by atoms with E-state index >= 15 is 0 Å². The van der Waals surface area contributed by atoms with Gasteiger partial charge in [-0.25, -0.2) is 4.79 Å². The second-order valence-corrected chi connectivity index (χ2v) is 11.0. The summed E-state index contributed by atoms with van der Waals surface area (Å²) < 4.78 is 18.8. The number of methoxy groups -OCH3 is 1. The molecule has 11 heteroatoms. The zero-order chi connectivity index (χ0) is 25.7. The van der Waals surface area contributed by atoms with Crippen LogP contribution in [-0.2, 0) is 11.4 Å². The van der Waals surface area contributed by atoms with E-state index in [1.54, 1.807) is 24.3 Å². The lowest BCUT2D eigenvalue weighted by atomic mass is 10.2. The molecule has 184 valence electrons. The summed E-state index contributed by atoms with van der Waals surface area (Å²) in [5, 5.41) is 18.4. The minimum Gasteiger partial charge on any atom is -0.496 e. The van der Waals surface area contributed by atoms with Gasteiger partial charge in [-0.15, -0.1) is 10.2 Å². The standard InChI is InChI=1S/C25H17ClI2N2O5S/c1-33-20-8-7-16(26)12-17(20)23-29-30-25(35-23)36-21(24(31)32)11-15-9-18(27)22(19(28)10-15)34-13-14-5-3-2-4-6-14/h2-12H,13H2,1H3,(H,31,32)/b21-11-. The molecule has 0 aliphatic rings. The molecule has 0 spiro atoms. The molecule has 4 rings (SSSR count). The van der Waals surface area contributed by atoms with Gasteiger partial charge in [0, 0.05) is 5.02 Å². The zero-order valence-corrected chi connectivity index (χ0v) is 24.5. The minimum absolute atomic E-state index is 0.0211. The Morgan fingerprint density at radius 2 is 1.83 bits per heavy atom. The van der Waals surface area contributed by atoms with Gasteiger partial charge in [0.2, 0.25) is 0 Å². The normalized spacial score (nSPS) is 11.4. The van der Waals surface area contributed by atoms with Gasteiger partial charge >= 0.3 is 5.97 Å². The number of nitrogens with zero attached hydrogens (tertiary/aromatic N) is 2. The third kappa shape index (κ3) is 6.72. The molecule has 7 nitrogen and oxygen atoms in total. The number of thioether (sulfide) groups is 1. The second kappa shape index (κ2) is 12.3. The first-order chi connectivity index (χ1) is 17.3. The van der Waals surface area contributed by atoms with Crippen molar-refractivity contribution in [2.45, 2.75) is 11.8 Å². The molecule has 0 bridgehead atoms. The van der Waals surface area contributed by atoms with Crippen LogP contribution in [0.2, 0.25) is 5.02 Å². The Kier molecular flexibility index (Phi) is 9.14. The second-order valence-electron chi connectivity index (χ2n) is 7.22. The van der Waals surface area contributed by atoms with Crippen molar-refractivity contribution in [1.82, 2.24) is 10.2 Å². The van der Waals surface area contributed by atoms with Crippen molar-refractivity contribution in [2.24, 2.45) is 0 Å². The Labute approximate surface area is 243 Å². The number of hydrogen-bond donors (Lipinski definition) is 1. The van der Waals surface area contributed by atoms with Crippen LogP contribution in [0.4, 0.5) is 0 Å². The van der Waals surface area contributed by atoms with Crippen LogP contribution < -0.4 is 9.47 Å². The van der Waals surface area contributed by atoms with Gasteiger partial charge < -0.3 is 19.0 Å². The summed E-state index contributed by atoms with van der Waals surface area (Å²) >= 11 is 11.3. The maximum Gasteiger partial charge on any atom is 0.342 e. The SMILES string of the molecule is COc1ccc(Cl)cc1-c1nnc(S/C(=C\c2cc(I)c(OCc3ccccc3)c(I)c2)C(=O)O)o1.